The lowest BCUT2D eigenvalue weighted by Gasteiger charge is -2.19. The van der Waals surface area contributed by atoms with Crippen LogP contribution in [0, 0.1) is 0 Å². The Morgan fingerprint density at radius 3 is 2.62 bits per heavy atom. The van der Waals surface area contributed by atoms with Crippen LogP contribution in [-0.2, 0) is 0 Å². The standard InChI is InChI=1S/C10H16N2O/c1-4-12(2)10-6-5-8(13-3)7-9(10)11/h5-7H,4,11H2,1-3H3. The first-order valence-corrected chi connectivity index (χ1v) is 4.33. The van der Waals surface area contributed by atoms with Crippen molar-refractivity contribution in [3.8, 4) is 5.75 Å². The fraction of sp³-hybridized carbons (Fsp3) is 0.400. The molecule has 3 heteroatoms. The summed E-state index contributed by atoms with van der Waals surface area (Å²) in [6.45, 7) is 3.03. The predicted octanol–water partition coefficient (Wildman–Crippen LogP) is 1.73. The van der Waals surface area contributed by atoms with Crippen LogP contribution in [0.15, 0.2) is 18.2 Å². The maximum Gasteiger partial charge on any atom is 0.121 e. The Bertz CT molecular complexity index is 286. The second kappa shape index (κ2) is 4.03. The smallest absolute Gasteiger partial charge is 0.121 e. The van der Waals surface area contributed by atoms with Gasteiger partial charge in [-0.2, -0.15) is 0 Å². The molecule has 0 spiro atoms. The molecule has 0 bridgehead atoms. The first-order chi connectivity index (χ1) is 6.19. The van der Waals surface area contributed by atoms with Crippen LogP contribution in [0.5, 0.6) is 5.75 Å². The fourth-order valence-electron chi connectivity index (χ4n) is 1.18. The normalized spacial score (nSPS) is 9.77. The first-order valence-electron chi connectivity index (χ1n) is 4.33. The summed E-state index contributed by atoms with van der Waals surface area (Å²) in [6.07, 6.45) is 0. The first kappa shape index (κ1) is 9.71. The summed E-state index contributed by atoms with van der Waals surface area (Å²) in [5.74, 6) is 0.797. The lowest BCUT2D eigenvalue weighted by Crippen LogP contribution is -2.17. The Morgan fingerprint density at radius 1 is 1.46 bits per heavy atom. The largest absolute Gasteiger partial charge is 0.497 e. The van der Waals surface area contributed by atoms with Crippen molar-refractivity contribution < 1.29 is 4.74 Å². The van der Waals surface area contributed by atoms with Gasteiger partial charge in [0.05, 0.1) is 18.5 Å². The van der Waals surface area contributed by atoms with Gasteiger partial charge in [0.2, 0.25) is 0 Å². The molecule has 13 heavy (non-hydrogen) atoms. The van der Waals surface area contributed by atoms with E-state index in [0.717, 1.165) is 23.7 Å². The van der Waals surface area contributed by atoms with E-state index in [1.165, 1.54) is 0 Å². The molecule has 72 valence electrons. The van der Waals surface area contributed by atoms with Gasteiger partial charge in [0.1, 0.15) is 5.75 Å². The molecule has 0 atom stereocenters. The highest BCUT2D eigenvalue weighted by Gasteiger charge is 2.03. The lowest BCUT2D eigenvalue weighted by molar-refractivity contribution is 0.415. The highest BCUT2D eigenvalue weighted by molar-refractivity contribution is 5.69. The minimum atomic E-state index is 0.753. The molecule has 1 aromatic rings. The van der Waals surface area contributed by atoms with E-state index in [0.29, 0.717) is 0 Å². The molecule has 0 heterocycles. The molecule has 0 aliphatic carbocycles. The van der Waals surface area contributed by atoms with Gasteiger partial charge >= 0.3 is 0 Å². The van der Waals surface area contributed by atoms with Crippen molar-refractivity contribution in [1.29, 1.82) is 0 Å². The molecular weight excluding hydrogens is 164 g/mol. The lowest BCUT2D eigenvalue weighted by atomic mass is 10.2. The van der Waals surface area contributed by atoms with Crippen LogP contribution in [0.2, 0.25) is 0 Å². The van der Waals surface area contributed by atoms with Crippen molar-refractivity contribution in [2.45, 2.75) is 6.92 Å². The van der Waals surface area contributed by atoms with Gasteiger partial charge in [0.25, 0.3) is 0 Å². The van der Waals surface area contributed by atoms with Gasteiger partial charge in [-0.15, -0.1) is 0 Å². The molecule has 0 saturated heterocycles. The number of methoxy groups -OCH3 is 1. The maximum absolute atomic E-state index is 5.85. The van der Waals surface area contributed by atoms with Gasteiger partial charge in [0.15, 0.2) is 0 Å². The molecule has 0 aliphatic heterocycles. The molecule has 0 aliphatic rings. The molecule has 0 amide bonds. The quantitative estimate of drug-likeness (QED) is 0.720. The monoisotopic (exact) mass is 180 g/mol. The van der Waals surface area contributed by atoms with E-state index in [2.05, 4.69) is 11.8 Å². The molecule has 0 aromatic heterocycles. The van der Waals surface area contributed by atoms with E-state index in [4.69, 9.17) is 10.5 Å². The number of ether oxygens (including phenoxy) is 1. The SMILES string of the molecule is CCN(C)c1ccc(OC)cc1N. The molecule has 3 nitrogen and oxygen atoms in total. The summed E-state index contributed by atoms with van der Waals surface area (Å²) < 4.78 is 5.06. The molecule has 0 saturated carbocycles. The number of nitrogens with zero attached hydrogens (tertiary/aromatic N) is 1. The second-order valence-corrected chi connectivity index (χ2v) is 2.94. The van der Waals surface area contributed by atoms with Crippen LogP contribution in [-0.4, -0.2) is 20.7 Å². The molecule has 0 unspecified atom stereocenters. The highest BCUT2D eigenvalue weighted by Crippen LogP contribution is 2.26. The van der Waals surface area contributed by atoms with Gasteiger partial charge in [-0.1, -0.05) is 0 Å². The average Bonchev–Trinajstić information content (AvgIpc) is 2.16. The minimum absolute atomic E-state index is 0.753. The van der Waals surface area contributed by atoms with Crippen LogP contribution < -0.4 is 15.4 Å². The van der Waals surface area contributed by atoms with Crippen LogP contribution in [0.25, 0.3) is 0 Å². The summed E-state index contributed by atoms with van der Waals surface area (Å²) in [4.78, 5) is 2.09. The van der Waals surface area contributed by atoms with E-state index >= 15 is 0 Å². The Labute approximate surface area is 79.1 Å². The third kappa shape index (κ3) is 2.05. The maximum atomic E-state index is 5.85. The van der Waals surface area contributed by atoms with Crippen LogP contribution in [0.3, 0.4) is 0 Å². The van der Waals surface area contributed by atoms with Crippen molar-refractivity contribution in [3.05, 3.63) is 18.2 Å². The zero-order valence-corrected chi connectivity index (χ0v) is 8.37. The Morgan fingerprint density at radius 2 is 2.15 bits per heavy atom. The summed E-state index contributed by atoms with van der Waals surface area (Å²) in [5, 5.41) is 0. The van der Waals surface area contributed by atoms with Gasteiger partial charge in [-0.05, 0) is 19.1 Å². The van der Waals surface area contributed by atoms with Crippen molar-refractivity contribution in [3.63, 3.8) is 0 Å². The predicted molar refractivity (Wildman–Crippen MR) is 56.4 cm³/mol. The molecule has 1 rings (SSSR count). The topological polar surface area (TPSA) is 38.5 Å². The van der Waals surface area contributed by atoms with Crippen LogP contribution in [0.1, 0.15) is 6.92 Å². The molecular formula is C10H16N2O. The third-order valence-corrected chi connectivity index (χ3v) is 2.12. The van der Waals surface area contributed by atoms with E-state index in [-0.39, 0.29) is 0 Å². The van der Waals surface area contributed by atoms with E-state index in [1.807, 2.05) is 25.2 Å². The Balaban J connectivity index is 2.98. The van der Waals surface area contributed by atoms with E-state index in [9.17, 15) is 0 Å². The summed E-state index contributed by atoms with van der Waals surface area (Å²) >= 11 is 0. The van der Waals surface area contributed by atoms with Gasteiger partial charge in [0, 0.05) is 19.7 Å². The van der Waals surface area contributed by atoms with Gasteiger partial charge in [-0.3, -0.25) is 0 Å². The van der Waals surface area contributed by atoms with Crippen molar-refractivity contribution >= 4 is 11.4 Å². The number of benzene rings is 1. The van der Waals surface area contributed by atoms with E-state index in [1.54, 1.807) is 7.11 Å². The highest BCUT2D eigenvalue weighted by atomic mass is 16.5. The van der Waals surface area contributed by atoms with Crippen molar-refractivity contribution in [1.82, 2.24) is 0 Å². The van der Waals surface area contributed by atoms with Crippen LogP contribution in [0.4, 0.5) is 11.4 Å². The Kier molecular flexibility index (Phi) is 3.01. The van der Waals surface area contributed by atoms with Gasteiger partial charge < -0.3 is 15.4 Å². The molecule has 0 fully saturated rings. The number of hydrogen-bond donors (Lipinski definition) is 1. The molecule has 0 radical (unpaired) electrons. The van der Waals surface area contributed by atoms with Crippen molar-refractivity contribution in [2.24, 2.45) is 0 Å². The minimum Gasteiger partial charge on any atom is -0.497 e. The van der Waals surface area contributed by atoms with Crippen LogP contribution >= 0.6 is 0 Å². The molecule has 2 N–H and O–H groups in total. The number of rotatable bonds is 3. The number of anilines is 2. The summed E-state index contributed by atoms with van der Waals surface area (Å²) in [7, 11) is 3.65. The zero-order valence-electron chi connectivity index (χ0n) is 8.37. The average molecular weight is 180 g/mol. The number of hydrogen-bond acceptors (Lipinski definition) is 3. The second-order valence-electron chi connectivity index (χ2n) is 2.94. The summed E-state index contributed by atoms with van der Waals surface area (Å²) in [5.41, 5.74) is 7.65. The number of nitrogens with two attached hydrogens (primary N) is 1. The zero-order chi connectivity index (χ0) is 9.84. The fourth-order valence-corrected chi connectivity index (χ4v) is 1.18. The van der Waals surface area contributed by atoms with Crippen molar-refractivity contribution in [2.75, 3.05) is 31.3 Å². The Hall–Kier alpha value is -1.38. The molecule has 1 aromatic carbocycles. The van der Waals surface area contributed by atoms with E-state index < -0.39 is 0 Å². The third-order valence-electron chi connectivity index (χ3n) is 2.12. The summed E-state index contributed by atoms with van der Waals surface area (Å²) in [6, 6.07) is 5.72. The van der Waals surface area contributed by atoms with Gasteiger partial charge in [-0.25, -0.2) is 0 Å². The number of nitrogen functional groups attached to an aromatic ring is 1.